The Labute approximate surface area is 169 Å². The van der Waals surface area contributed by atoms with Gasteiger partial charge in [0.1, 0.15) is 6.10 Å². The Balaban J connectivity index is 1.72. The van der Waals surface area contributed by atoms with Crippen molar-refractivity contribution in [2.45, 2.75) is 37.5 Å². The number of amides is 1. The van der Waals surface area contributed by atoms with Crippen LogP contribution >= 0.6 is 0 Å². The van der Waals surface area contributed by atoms with Gasteiger partial charge in [0.25, 0.3) is 5.91 Å². The van der Waals surface area contributed by atoms with Crippen LogP contribution in [0.4, 0.5) is 0 Å². The molecule has 0 bridgehead atoms. The molecule has 0 radical (unpaired) electrons. The molecule has 1 aromatic heterocycles. The van der Waals surface area contributed by atoms with Crippen LogP contribution in [0.2, 0.25) is 0 Å². The van der Waals surface area contributed by atoms with E-state index in [-0.39, 0.29) is 6.42 Å². The number of aryl methyl sites for hydroxylation is 1. The van der Waals surface area contributed by atoms with Gasteiger partial charge in [-0.25, -0.2) is 13.9 Å². The van der Waals surface area contributed by atoms with E-state index in [2.05, 4.69) is 10.1 Å². The van der Waals surface area contributed by atoms with E-state index >= 15 is 0 Å². The molecule has 0 unspecified atom stereocenters. The number of benzene rings is 1. The van der Waals surface area contributed by atoms with Gasteiger partial charge < -0.3 is 4.84 Å². The molecule has 2 aromatic rings. The number of nitrogens with one attached hydrogen (secondary N) is 1. The van der Waals surface area contributed by atoms with Crippen LogP contribution in [0.15, 0.2) is 47.8 Å². The first-order valence-corrected chi connectivity index (χ1v) is 10.9. The lowest BCUT2D eigenvalue weighted by molar-refractivity contribution is -0.132. The summed E-state index contributed by atoms with van der Waals surface area (Å²) in [5.41, 5.74) is 5.93. The maximum absolute atomic E-state index is 12.1. The largest absolute Gasteiger partial charge is 0.392 e. The topological polar surface area (TPSA) is 118 Å². The number of rotatable bonds is 6. The third kappa shape index (κ3) is 4.30. The van der Waals surface area contributed by atoms with Crippen molar-refractivity contribution in [1.29, 1.82) is 0 Å². The lowest BCUT2D eigenvalue weighted by Gasteiger charge is -2.26. The minimum atomic E-state index is -3.79. The summed E-state index contributed by atoms with van der Waals surface area (Å²) in [5, 5.41) is 13.0. The van der Waals surface area contributed by atoms with Crippen molar-refractivity contribution in [3.05, 3.63) is 53.9 Å². The molecular weight excluding hydrogens is 394 g/mol. The Morgan fingerprint density at radius 3 is 2.38 bits per heavy atom. The van der Waals surface area contributed by atoms with E-state index in [4.69, 9.17) is 10.0 Å². The smallest absolute Gasteiger partial charge is 0.264 e. The molecule has 9 heteroatoms. The van der Waals surface area contributed by atoms with Gasteiger partial charge in [0, 0.05) is 36.6 Å². The van der Waals surface area contributed by atoms with Gasteiger partial charge in [0.05, 0.1) is 5.71 Å². The minimum Gasteiger partial charge on any atom is -0.392 e. The van der Waals surface area contributed by atoms with E-state index in [1.165, 1.54) is 12.4 Å². The number of sulfone groups is 1. The molecular formula is C20H23N3O5S. The first-order chi connectivity index (χ1) is 13.6. The second-order valence-electron chi connectivity index (χ2n) is 7.38. The molecule has 2 heterocycles. The molecule has 0 spiro atoms. The second kappa shape index (κ2) is 7.92. The number of pyridine rings is 1. The number of carbonyl (C=O) groups excluding carboxylic acids is 1. The number of hydrogen-bond acceptors (Lipinski definition) is 7. The van der Waals surface area contributed by atoms with Gasteiger partial charge in [-0.3, -0.25) is 15.0 Å². The maximum Gasteiger partial charge on any atom is 0.264 e. The standard InChI is InChI=1S/C20H23N3O5S/c1-13-4-5-16(12-21-13)14-6-8-15(9-7-14)18-10-17(28-23-18)11-20(2,19(24)22-25)29(3,26)27/h4-9,12,17,25H,10-11H2,1-3H3,(H,22,24)/t17-,20-/m1/s1. The summed E-state index contributed by atoms with van der Waals surface area (Å²) in [7, 11) is -3.79. The molecule has 0 fully saturated rings. The fourth-order valence-electron chi connectivity index (χ4n) is 3.17. The number of oxime groups is 1. The van der Waals surface area contributed by atoms with Crippen molar-refractivity contribution >= 4 is 21.5 Å². The van der Waals surface area contributed by atoms with Crippen LogP contribution in [0.5, 0.6) is 0 Å². The molecule has 2 atom stereocenters. The summed E-state index contributed by atoms with van der Waals surface area (Å²) >= 11 is 0. The Kier molecular flexibility index (Phi) is 5.72. The summed E-state index contributed by atoms with van der Waals surface area (Å²) in [6.07, 6.45) is 2.41. The highest BCUT2D eigenvalue weighted by atomic mass is 32.2. The molecule has 3 rings (SSSR count). The van der Waals surface area contributed by atoms with Crippen molar-refractivity contribution in [3.8, 4) is 11.1 Å². The van der Waals surface area contributed by atoms with Gasteiger partial charge in [0.2, 0.25) is 0 Å². The zero-order valence-corrected chi connectivity index (χ0v) is 17.2. The van der Waals surface area contributed by atoms with Gasteiger partial charge in [0.15, 0.2) is 14.6 Å². The van der Waals surface area contributed by atoms with Crippen molar-refractivity contribution in [2.75, 3.05) is 6.26 Å². The van der Waals surface area contributed by atoms with E-state index < -0.39 is 26.6 Å². The normalized spacial score (nSPS) is 18.5. The fraction of sp³-hybridized carbons (Fsp3) is 0.350. The van der Waals surface area contributed by atoms with Crippen molar-refractivity contribution in [3.63, 3.8) is 0 Å². The number of hydroxylamine groups is 1. The summed E-state index contributed by atoms with van der Waals surface area (Å²) < 4.78 is 22.4. The maximum atomic E-state index is 12.1. The van der Waals surface area contributed by atoms with Gasteiger partial charge in [-0.05, 0) is 31.0 Å². The molecule has 29 heavy (non-hydrogen) atoms. The number of hydrogen-bond donors (Lipinski definition) is 2. The highest BCUT2D eigenvalue weighted by molar-refractivity contribution is 7.92. The van der Waals surface area contributed by atoms with Crippen LogP contribution < -0.4 is 5.48 Å². The van der Waals surface area contributed by atoms with Crippen LogP contribution in [-0.2, 0) is 19.5 Å². The molecule has 154 valence electrons. The molecule has 1 aliphatic rings. The summed E-state index contributed by atoms with van der Waals surface area (Å²) in [4.78, 5) is 21.7. The third-order valence-electron chi connectivity index (χ3n) is 5.21. The molecule has 0 saturated heterocycles. The Hall–Kier alpha value is -2.78. The number of nitrogens with zero attached hydrogens (tertiary/aromatic N) is 2. The van der Waals surface area contributed by atoms with Crippen LogP contribution in [0, 0.1) is 6.92 Å². The first kappa shape index (κ1) is 20.9. The van der Waals surface area contributed by atoms with E-state index in [1.54, 1.807) is 0 Å². The minimum absolute atomic E-state index is 0.127. The molecule has 8 nitrogen and oxygen atoms in total. The van der Waals surface area contributed by atoms with E-state index in [9.17, 15) is 13.2 Å². The van der Waals surface area contributed by atoms with E-state index in [1.807, 2.05) is 49.5 Å². The van der Waals surface area contributed by atoms with E-state index in [0.29, 0.717) is 12.1 Å². The zero-order valence-electron chi connectivity index (χ0n) is 16.4. The summed E-state index contributed by atoms with van der Waals surface area (Å²) in [5.74, 6) is -0.992. The quantitative estimate of drug-likeness (QED) is 0.550. The SMILES string of the molecule is Cc1ccc(-c2ccc(C3=NO[C@@H](C[C@](C)(C(=O)NO)S(C)(=O)=O)C3)cc2)cn1. The predicted octanol–water partition coefficient (Wildman–Crippen LogP) is 2.25. The highest BCUT2D eigenvalue weighted by Crippen LogP contribution is 2.30. The highest BCUT2D eigenvalue weighted by Gasteiger charge is 2.47. The molecule has 1 aliphatic heterocycles. The monoisotopic (exact) mass is 417 g/mol. The average molecular weight is 417 g/mol. The Morgan fingerprint density at radius 2 is 1.83 bits per heavy atom. The lowest BCUT2D eigenvalue weighted by atomic mass is 9.96. The number of aromatic nitrogens is 1. The molecule has 1 aromatic carbocycles. The second-order valence-corrected chi connectivity index (χ2v) is 9.83. The Bertz CT molecular complexity index is 1030. The van der Waals surface area contributed by atoms with Crippen LogP contribution in [0.3, 0.4) is 0 Å². The third-order valence-corrected chi connectivity index (χ3v) is 7.20. The van der Waals surface area contributed by atoms with Gasteiger partial charge in [-0.15, -0.1) is 0 Å². The van der Waals surface area contributed by atoms with Gasteiger partial charge >= 0.3 is 0 Å². The van der Waals surface area contributed by atoms with E-state index in [0.717, 1.165) is 28.6 Å². The average Bonchev–Trinajstić information content (AvgIpc) is 3.15. The van der Waals surface area contributed by atoms with Crippen molar-refractivity contribution in [1.82, 2.24) is 10.5 Å². The fourth-order valence-corrected chi connectivity index (χ4v) is 4.04. The van der Waals surface area contributed by atoms with Crippen molar-refractivity contribution < 1.29 is 23.3 Å². The molecule has 0 saturated carbocycles. The molecule has 2 N–H and O–H groups in total. The van der Waals surface area contributed by atoms with Crippen LogP contribution in [-0.4, -0.2) is 47.3 Å². The van der Waals surface area contributed by atoms with Crippen LogP contribution in [0.1, 0.15) is 31.0 Å². The first-order valence-electron chi connectivity index (χ1n) is 9.04. The summed E-state index contributed by atoms with van der Waals surface area (Å²) in [6.45, 7) is 3.19. The lowest BCUT2D eigenvalue weighted by Crippen LogP contribution is -2.51. The van der Waals surface area contributed by atoms with Crippen molar-refractivity contribution in [2.24, 2.45) is 5.16 Å². The number of carbonyl (C=O) groups is 1. The zero-order chi connectivity index (χ0) is 21.2. The molecule has 0 aliphatic carbocycles. The molecule has 1 amide bonds. The summed E-state index contributed by atoms with van der Waals surface area (Å²) in [6, 6.07) is 11.7. The Morgan fingerprint density at radius 1 is 1.21 bits per heavy atom. The van der Waals surface area contributed by atoms with Crippen LogP contribution in [0.25, 0.3) is 11.1 Å². The predicted molar refractivity (Wildman–Crippen MR) is 108 cm³/mol. The van der Waals surface area contributed by atoms with Gasteiger partial charge in [-0.2, -0.15) is 0 Å². The van der Waals surface area contributed by atoms with Gasteiger partial charge in [-0.1, -0.05) is 35.5 Å².